The lowest BCUT2D eigenvalue weighted by atomic mass is 10.0. The third-order valence-corrected chi connectivity index (χ3v) is 7.47. The summed E-state index contributed by atoms with van der Waals surface area (Å²) in [5.74, 6) is 0.573. The van der Waals surface area contributed by atoms with Crippen molar-refractivity contribution >= 4 is 46.8 Å². The van der Waals surface area contributed by atoms with Crippen LogP contribution in [0.25, 0.3) is 0 Å². The Morgan fingerprint density at radius 1 is 0.892 bits per heavy atom. The van der Waals surface area contributed by atoms with Crippen LogP contribution in [0.2, 0.25) is 10.0 Å². The third kappa shape index (κ3) is 9.10. The third-order valence-electron chi connectivity index (χ3n) is 5.77. The van der Waals surface area contributed by atoms with Gasteiger partial charge in [-0.05, 0) is 51.0 Å². The number of rotatable bonds is 10. The van der Waals surface area contributed by atoms with E-state index in [0.29, 0.717) is 27.8 Å². The highest BCUT2D eigenvalue weighted by molar-refractivity contribution is 7.99. The van der Waals surface area contributed by atoms with Crippen LogP contribution in [0.1, 0.15) is 43.0 Å². The Kier molecular flexibility index (Phi) is 10.5. The number of thioether (sulfide) groups is 1. The highest BCUT2D eigenvalue weighted by atomic mass is 35.5. The molecule has 1 N–H and O–H groups in total. The molecule has 1 unspecified atom stereocenters. The second-order valence-corrected chi connectivity index (χ2v) is 11.9. The number of amides is 2. The lowest BCUT2D eigenvalue weighted by Crippen LogP contribution is -2.54. The van der Waals surface area contributed by atoms with Gasteiger partial charge in [-0.15, -0.1) is 11.8 Å². The summed E-state index contributed by atoms with van der Waals surface area (Å²) in [4.78, 5) is 29.0. The Hall–Kier alpha value is -2.47. The maximum atomic E-state index is 13.8. The van der Waals surface area contributed by atoms with Crippen molar-refractivity contribution in [2.75, 3.05) is 5.75 Å². The summed E-state index contributed by atoms with van der Waals surface area (Å²) in [5, 5.41) is 4.00. The van der Waals surface area contributed by atoms with E-state index >= 15 is 0 Å². The summed E-state index contributed by atoms with van der Waals surface area (Å²) in [5.41, 5.74) is 3.48. The Morgan fingerprint density at radius 3 is 2.11 bits per heavy atom. The van der Waals surface area contributed by atoms with Gasteiger partial charge >= 0.3 is 0 Å². The average molecular weight is 558 g/mol. The van der Waals surface area contributed by atoms with Crippen LogP contribution in [-0.2, 0) is 28.3 Å². The van der Waals surface area contributed by atoms with Gasteiger partial charge in [0.05, 0.1) is 5.75 Å². The molecule has 7 heteroatoms. The summed E-state index contributed by atoms with van der Waals surface area (Å²) in [6, 6.07) is 22.5. The molecular formula is C30H34Cl2N2O2S. The van der Waals surface area contributed by atoms with Crippen LogP contribution >= 0.6 is 35.0 Å². The molecule has 3 aromatic carbocycles. The van der Waals surface area contributed by atoms with Gasteiger partial charge in [-0.3, -0.25) is 9.59 Å². The van der Waals surface area contributed by atoms with E-state index in [2.05, 4.69) is 29.6 Å². The van der Waals surface area contributed by atoms with E-state index in [1.54, 1.807) is 23.1 Å². The number of hydrogen-bond donors (Lipinski definition) is 1. The van der Waals surface area contributed by atoms with E-state index in [4.69, 9.17) is 23.2 Å². The number of aryl methyl sites for hydroxylation is 1. The van der Waals surface area contributed by atoms with Crippen LogP contribution in [0, 0.1) is 6.92 Å². The van der Waals surface area contributed by atoms with Gasteiger partial charge < -0.3 is 10.2 Å². The van der Waals surface area contributed by atoms with Crippen LogP contribution in [0.3, 0.4) is 0 Å². The topological polar surface area (TPSA) is 49.4 Å². The first kappa shape index (κ1) is 29.1. The molecule has 0 heterocycles. The van der Waals surface area contributed by atoms with Crippen molar-refractivity contribution in [3.05, 3.63) is 105 Å². The molecule has 0 bridgehead atoms. The van der Waals surface area contributed by atoms with E-state index < -0.39 is 11.6 Å². The molecule has 0 saturated carbocycles. The lowest BCUT2D eigenvalue weighted by molar-refractivity contribution is -0.140. The van der Waals surface area contributed by atoms with Crippen molar-refractivity contribution in [3.8, 4) is 0 Å². The number of hydrogen-bond acceptors (Lipinski definition) is 3. The van der Waals surface area contributed by atoms with Crippen molar-refractivity contribution in [1.82, 2.24) is 10.2 Å². The first-order chi connectivity index (χ1) is 17.5. The molecular weight excluding hydrogens is 523 g/mol. The Bertz CT molecular complexity index is 1170. The fourth-order valence-electron chi connectivity index (χ4n) is 3.88. The molecule has 0 aliphatic rings. The molecule has 4 nitrogen and oxygen atoms in total. The molecule has 196 valence electrons. The van der Waals surface area contributed by atoms with Gasteiger partial charge in [-0.2, -0.15) is 0 Å². The molecule has 3 aromatic rings. The van der Waals surface area contributed by atoms with Crippen molar-refractivity contribution in [3.63, 3.8) is 0 Å². The Labute approximate surface area is 234 Å². The molecule has 0 saturated heterocycles. The monoisotopic (exact) mass is 556 g/mol. The lowest BCUT2D eigenvalue weighted by Gasteiger charge is -2.34. The number of halogens is 2. The van der Waals surface area contributed by atoms with Crippen molar-refractivity contribution < 1.29 is 9.59 Å². The zero-order chi connectivity index (χ0) is 27.0. The Balaban J connectivity index is 1.91. The standard InChI is InChI=1S/C30H34Cl2N2O2S/c1-21-13-15-23(16-14-21)19-37-20-28(35)34(18-24-25(31)11-8-12-26(24)32)27(29(36)33-30(2,3)4)17-22-9-6-5-7-10-22/h5-16,27H,17-20H2,1-4H3,(H,33,36). The number of carbonyl (C=O) groups is 2. The van der Waals surface area contributed by atoms with Crippen LogP contribution in [0.5, 0.6) is 0 Å². The summed E-state index contributed by atoms with van der Waals surface area (Å²) < 4.78 is 0. The normalized spacial score (nSPS) is 12.2. The van der Waals surface area contributed by atoms with Gasteiger partial charge in [0.25, 0.3) is 0 Å². The second kappa shape index (κ2) is 13.4. The minimum atomic E-state index is -0.735. The molecule has 0 spiro atoms. The van der Waals surface area contributed by atoms with Crippen molar-refractivity contribution in [2.24, 2.45) is 0 Å². The largest absolute Gasteiger partial charge is 0.350 e. The van der Waals surface area contributed by atoms with Crippen LogP contribution in [0.4, 0.5) is 0 Å². The average Bonchev–Trinajstić information content (AvgIpc) is 2.83. The molecule has 1 atom stereocenters. The highest BCUT2D eigenvalue weighted by Gasteiger charge is 2.32. The van der Waals surface area contributed by atoms with Crippen molar-refractivity contribution in [2.45, 2.75) is 58.0 Å². The fraction of sp³-hybridized carbons (Fsp3) is 0.333. The minimum absolute atomic E-state index is 0.136. The number of benzene rings is 3. The second-order valence-electron chi connectivity index (χ2n) is 10.1. The number of nitrogens with one attached hydrogen (secondary N) is 1. The maximum absolute atomic E-state index is 13.8. The number of carbonyl (C=O) groups excluding carboxylic acids is 2. The van der Waals surface area contributed by atoms with Gasteiger partial charge in [0.1, 0.15) is 6.04 Å². The minimum Gasteiger partial charge on any atom is -0.350 e. The number of nitrogens with zero attached hydrogens (tertiary/aromatic N) is 1. The quantitative estimate of drug-likeness (QED) is 0.290. The predicted molar refractivity (Wildman–Crippen MR) is 156 cm³/mol. The highest BCUT2D eigenvalue weighted by Crippen LogP contribution is 2.28. The van der Waals surface area contributed by atoms with Crippen LogP contribution < -0.4 is 5.32 Å². The summed E-state index contributed by atoms with van der Waals surface area (Å²) in [6.07, 6.45) is 0.374. The Morgan fingerprint density at radius 2 is 1.51 bits per heavy atom. The molecule has 0 aliphatic carbocycles. The SMILES string of the molecule is Cc1ccc(CSCC(=O)N(Cc2c(Cl)cccc2Cl)C(Cc2ccccc2)C(=O)NC(C)(C)C)cc1. The molecule has 0 aromatic heterocycles. The molecule has 0 aliphatic heterocycles. The van der Waals surface area contributed by atoms with E-state index in [1.807, 2.05) is 58.0 Å². The molecule has 3 rings (SSSR count). The summed E-state index contributed by atoms with van der Waals surface area (Å²) in [7, 11) is 0. The zero-order valence-corrected chi connectivity index (χ0v) is 24.1. The summed E-state index contributed by atoms with van der Waals surface area (Å²) in [6.45, 7) is 7.97. The van der Waals surface area contributed by atoms with E-state index in [-0.39, 0.29) is 24.1 Å². The van der Waals surface area contributed by atoms with Gasteiger partial charge in [-0.1, -0.05) is 89.4 Å². The molecule has 0 radical (unpaired) electrons. The smallest absolute Gasteiger partial charge is 0.243 e. The fourth-order valence-corrected chi connectivity index (χ4v) is 5.27. The zero-order valence-electron chi connectivity index (χ0n) is 21.8. The predicted octanol–water partition coefficient (Wildman–Crippen LogP) is 7.09. The molecule has 2 amide bonds. The van der Waals surface area contributed by atoms with E-state index in [1.165, 1.54) is 17.3 Å². The van der Waals surface area contributed by atoms with Crippen molar-refractivity contribution in [1.29, 1.82) is 0 Å². The first-order valence-corrected chi connectivity index (χ1v) is 14.2. The first-order valence-electron chi connectivity index (χ1n) is 12.2. The van der Waals surface area contributed by atoms with Gasteiger partial charge in [-0.25, -0.2) is 0 Å². The van der Waals surface area contributed by atoms with Crippen LogP contribution in [-0.4, -0.2) is 34.0 Å². The molecule has 37 heavy (non-hydrogen) atoms. The van der Waals surface area contributed by atoms with Gasteiger partial charge in [0.15, 0.2) is 0 Å². The van der Waals surface area contributed by atoms with Crippen LogP contribution in [0.15, 0.2) is 72.8 Å². The van der Waals surface area contributed by atoms with E-state index in [9.17, 15) is 9.59 Å². The van der Waals surface area contributed by atoms with E-state index in [0.717, 1.165) is 11.1 Å². The van der Waals surface area contributed by atoms with Gasteiger partial charge in [0, 0.05) is 39.9 Å². The van der Waals surface area contributed by atoms with Gasteiger partial charge in [0.2, 0.25) is 11.8 Å². The molecule has 0 fully saturated rings. The maximum Gasteiger partial charge on any atom is 0.243 e. The summed E-state index contributed by atoms with van der Waals surface area (Å²) >= 11 is 14.5.